The quantitative estimate of drug-likeness (QED) is 0.310. The highest BCUT2D eigenvalue weighted by molar-refractivity contribution is 5.16. The normalized spacial score (nSPS) is 46.6. The number of hydrazine groups is 1. The van der Waals surface area contributed by atoms with Gasteiger partial charge in [0.25, 0.3) is 0 Å². The fourth-order valence-electron chi connectivity index (χ4n) is 8.34. The molecule has 2 N–H and O–H groups in total. The Kier molecular flexibility index (Phi) is 5.75. The second kappa shape index (κ2) is 7.80. The van der Waals surface area contributed by atoms with Gasteiger partial charge in [-0.25, -0.2) is 5.01 Å². The van der Waals surface area contributed by atoms with Gasteiger partial charge in [0, 0.05) is 13.7 Å². The van der Waals surface area contributed by atoms with Crippen molar-refractivity contribution in [3.8, 4) is 0 Å². The van der Waals surface area contributed by atoms with Gasteiger partial charge >= 0.3 is 0 Å². The molecule has 0 aliphatic heterocycles. The van der Waals surface area contributed by atoms with E-state index in [0.29, 0.717) is 18.1 Å². The molecule has 0 heterocycles. The minimum Gasteiger partial charge on any atom is -0.368 e. The Hall–Kier alpha value is -0.380. The largest absolute Gasteiger partial charge is 0.368 e. The van der Waals surface area contributed by atoms with E-state index in [2.05, 4.69) is 20.4 Å². The molecule has 0 aromatic rings. The zero-order valence-electron chi connectivity index (χ0n) is 18.0. The van der Waals surface area contributed by atoms with E-state index in [1.165, 1.54) is 63.4 Å². The van der Waals surface area contributed by atoms with Gasteiger partial charge in [0.15, 0.2) is 0 Å². The number of methoxy groups -OCH3 is 1. The van der Waals surface area contributed by atoms with Crippen LogP contribution < -0.4 is 5.84 Å². The summed E-state index contributed by atoms with van der Waals surface area (Å²) in [4.78, 5) is 0. The first-order valence-electron chi connectivity index (χ1n) is 11.6. The van der Waals surface area contributed by atoms with Gasteiger partial charge in [0.1, 0.15) is 6.73 Å². The summed E-state index contributed by atoms with van der Waals surface area (Å²) in [6.45, 7) is 10.8. The van der Waals surface area contributed by atoms with Crippen molar-refractivity contribution in [1.29, 1.82) is 0 Å². The van der Waals surface area contributed by atoms with Crippen molar-refractivity contribution < 1.29 is 4.74 Å². The molecule has 154 valence electrons. The summed E-state index contributed by atoms with van der Waals surface area (Å²) in [6.07, 6.45) is 13.2. The third-order valence-electron chi connectivity index (χ3n) is 9.41. The average Bonchev–Trinajstić information content (AvgIpc) is 2.98. The molecule has 0 bridgehead atoms. The average molecular weight is 375 g/mol. The van der Waals surface area contributed by atoms with Crippen LogP contribution in [0.3, 0.4) is 0 Å². The lowest BCUT2D eigenvalue weighted by Crippen LogP contribution is -2.49. The SMILES string of the molecule is C=C(CN(N)COC)C1CCC2C3CCC4CC(C)CCC4C3CCC12C. The third-order valence-corrected chi connectivity index (χ3v) is 9.41. The Balaban J connectivity index is 1.46. The number of ether oxygens (including phenoxy) is 1. The summed E-state index contributed by atoms with van der Waals surface area (Å²) in [7, 11) is 1.71. The second-order valence-electron chi connectivity index (χ2n) is 10.9. The van der Waals surface area contributed by atoms with Crippen molar-refractivity contribution in [1.82, 2.24) is 5.01 Å². The lowest BCUT2D eigenvalue weighted by atomic mass is 9.49. The lowest BCUT2D eigenvalue weighted by molar-refractivity contribution is -0.0640. The molecule has 4 aliphatic carbocycles. The van der Waals surface area contributed by atoms with E-state index in [9.17, 15) is 0 Å². The maximum atomic E-state index is 6.10. The van der Waals surface area contributed by atoms with Crippen molar-refractivity contribution >= 4 is 0 Å². The van der Waals surface area contributed by atoms with Crippen LogP contribution in [0, 0.1) is 46.8 Å². The van der Waals surface area contributed by atoms with Crippen LogP contribution in [-0.2, 0) is 4.74 Å². The number of rotatable bonds is 5. The highest BCUT2D eigenvalue weighted by Crippen LogP contribution is 2.65. The first-order chi connectivity index (χ1) is 12.9. The highest BCUT2D eigenvalue weighted by Gasteiger charge is 2.57. The van der Waals surface area contributed by atoms with Crippen molar-refractivity contribution in [2.45, 2.75) is 71.6 Å². The zero-order valence-corrected chi connectivity index (χ0v) is 18.0. The highest BCUT2D eigenvalue weighted by atomic mass is 16.5. The molecule has 8 unspecified atom stereocenters. The molecule has 0 spiro atoms. The molecular formula is C24H42N2O. The molecule has 4 fully saturated rings. The van der Waals surface area contributed by atoms with Gasteiger partial charge in [-0.15, -0.1) is 0 Å². The van der Waals surface area contributed by atoms with Crippen LogP contribution in [0.4, 0.5) is 0 Å². The van der Waals surface area contributed by atoms with Crippen LogP contribution in [0.2, 0.25) is 0 Å². The third kappa shape index (κ3) is 3.53. The van der Waals surface area contributed by atoms with Crippen molar-refractivity contribution in [2.75, 3.05) is 20.4 Å². The Labute approximate surface area is 167 Å². The molecule has 3 heteroatoms. The minimum absolute atomic E-state index is 0.459. The predicted molar refractivity (Wildman–Crippen MR) is 112 cm³/mol. The van der Waals surface area contributed by atoms with E-state index in [1.54, 1.807) is 12.1 Å². The molecule has 4 rings (SSSR count). The number of hydrogen-bond acceptors (Lipinski definition) is 3. The molecule has 0 aromatic heterocycles. The predicted octanol–water partition coefficient (Wildman–Crippen LogP) is 5.23. The Morgan fingerprint density at radius 2 is 1.85 bits per heavy atom. The number of nitrogens with zero attached hydrogens (tertiary/aromatic N) is 1. The lowest BCUT2D eigenvalue weighted by Gasteiger charge is -2.56. The maximum Gasteiger partial charge on any atom is 0.111 e. The van der Waals surface area contributed by atoms with Gasteiger partial charge in [0.2, 0.25) is 0 Å². The zero-order chi connectivity index (χ0) is 19.2. The van der Waals surface area contributed by atoms with Crippen LogP contribution in [-0.4, -0.2) is 25.4 Å². The number of fused-ring (bicyclic) bond motifs is 5. The minimum atomic E-state index is 0.459. The molecule has 0 aromatic carbocycles. The Bertz CT molecular complexity index is 548. The molecular weight excluding hydrogens is 332 g/mol. The number of hydrogen-bond donors (Lipinski definition) is 1. The summed E-state index contributed by atoms with van der Waals surface area (Å²) in [5.74, 6) is 12.8. The van der Waals surface area contributed by atoms with Gasteiger partial charge in [-0.3, -0.25) is 5.84 Å². The van der Waals surface area contributed by atoms with Crippen LogP contribution in [0.15, 0.2) is 12.2 Å². The van der Waals surface area contributed by atoms with E-state index in [4.69, 9.17) is 10.6 Å². The summed E-state index contributed by atoms with van der Waals surface area (Å²) in [6, 6.07) is 0. The first kappa shape index (κ1) is 19.9. The smallest absolute Gasteiger partial charge is 0.111 e. The molecule has 3 nitrogen and oxygen atoms in total. The fraction of sp³-hybridized carbons (Fsp3) is 0.917. The second-order valence-corrected chi connectivity index (χ2v) is 10.9. The van der Waals surface area contributed by atoms with Gasteiger partial charge in [0.05, 0.1) is 0 Å². The molecule has 0 radical (unpaired) electrons. The van der Waals surface area contributed by atoms with Gasteiger partial charge in [-0.05, 0) is 98.2 Å². The van der Waals surface area contributed by atoms with Gasteiger partial charge < -0.3 is 4.74 Å². The topological polar surface area (TPSA) is 38.5 Å². The van der Waals surface area contributed by atoms with E-state index >= 15 is 0 Å². The van der Waals surface area contributed by atoms with Crippen LogP contribution in [0.5, 0.6) is 0 Å². The molecule has 8 atom stereocenters. The molecule has 4 aliphatic rings. The Morgan fingerprint density at radius 3 is 2.63 bits per heavy atom. The monoisotopic (exact) mass is 374 g/mol. The van der Waals surface area contributed by atoms with Gasteiger partial charge in [-0.2, -0.15) is 0 Å². The summed E-state index contributed by atoms with van der Waals surface area (Å²) < 4.78 is 5.19. The van der Waals surface area contributed by atoms with Crippen molar-refractivity contribution in [3.63, 3.8) is 0 Å². The summed E-state index contributed by atoms with van der Waals surface area (Å²) >= 11 is 0. The first-order valence-corrected chi connectivity index (χ1v) is 11.6. The van der Waals surface area contributed by atoms with Crippen molar-refractivity contribution in [3.05, 3.63) is 12.2 Å². The maximum absolute atomic E-state index is 6.10. The summed E-state index contributed by atoms with van der Waals surface area (Å²) in [5, 5.41) is 1.78. The van der Waals surface area contributed by atoms with E-state index in [1.807, 2.05) is 0 Å². The van der Waals surface area contributed by atoms with Crippen LogP contribution >= 0.6 is 0 Å². The molecule has 4 saturated carbocycles. The van der Waals surface area contributed by atoms with Crippen molar-refractivity contribution in [2.24, 2.45) is 52.7 Å². The van der Waals surface area contributed by atoms with E-state index in [-0.39, 0.29) is 0 Å². The van der Waals surface area contributed by atoms with Crippen LogP contribution in [0.25, 0.3) is 0 Å². The van der Waals surface area contributed by atoms with Gasteiger partial charge in [-0.1, -0.05) is 32.4 Å². The molecule has 27 heavy (non-hydrogen) atoms. The number of nitrogens with two attached hydrogens (primary N) is 1. The molecule has 0 saturated heterocycles. The molecule has 0 amide bonds. The van der Waals surface area contributed by atoms with E-state index < -0.39 is 0 Å². The standard InChI is InChI=1S/C24H42N2O/c1-16-5-7-19-18(13-16)6-8-21-20(19)11-12-24(3)22(9-10-23(21)24)17(2)14-26(25)15-27-4/h16,18-23H,2,5-15,25H2,1,3-4H3. The summed E-state index contributed by atoms with van der Waals surface area (Å²) in [5.41, 5.74) is 1.80. The van der Waals surface area contributed by atoms with Crippen LogP contribution in [0.1, 0.15) is 71.6 Å². The fourth-order valence-corrected chi connectivity index (χ4v) is 8.34. The van der Waals surface area contributed by atoms with E-state index in [0.717, 1.165) is 42.1 Å². The Morgan fingerprint density at radius 1 is 1.07 bits per heavy atom.